The molecule has 1 aromatic carbocycles. The highest BCUT2D eigenvalue weighted by molar-refractivity contribution is 6.17. The molecule has 1 aromatic rings. The molecule has 0 aliphatic heterocycles. The van der Waals surface area contributed by atoms with Gasteiger partial charge in [0.1, 0.15) is 5.57 Å². The summed E-state index contributed by atoms with van der Waals surface area (Å²) in [6, 6.07) is 9.21. The highest BCUT2D eigenvalue weighted by Gasteiger charge is 2.22. The fourth-order valence-electron chi connectivity index (χ4n) is 1.74. The van der Waals surface area contributed by atoms with Gasteiger partial charge in [0.25, 0.3) is 0 Å². The second-order valence-electron chi connectivity index (χ2n) is 6.19. The molecular formula is C20H28O4. The van der Waals surface area contributed by atoms with Crippen LogP contribution in [0.5, 0.6) is 0 Å². The third-order valence-electron chi connectivity index (χ3n) is 3.94. The largest absolute Gasteiger partial charge is 0.462 e. The smallest absolute Gasteiger partial charge is 0.345 e. The molecule has 0 saturated heterocycles. The highest BCUT2D eigenvalue weighted by Crippen LogP contribution is 2.13. The van der Waals surface area contributed by atoms with Crippen molar-refractivity contribution in [2.24, 2.45) is 11.8 Å². The molecule has 0 bridgehead atoms. The molecule has 0 radical (unpaired) electrons. The molecule has 0 amide bonds. The Labute approximate surface area is 144 Å². The monoisotopic (exact) mass is 332 g/mol. The minimum Gasteiger partial charge on any atom is -0.462 e. The van der Waals surface area contributed by atoms with Gasteiger partial charge >= 0.3 is 11.9 Å². The molecule has 0 heterocycles. The van der Waals surface area contributed by atoms with Crippen LogP contribution in [0.2, 0.25) is 0 Å². The van der Waals surface area contributed by atoms with E-state index in [9.17, 15) is 9.59 Å². The number of ether oxygens (including phenoxy) is 2. The van der Waals surface area contributed by atoms with Crippen LogP contribution in [0.1, 0.15) is 46.1 Å². The first-order chi connectivity index (χ1) is 11.5. The van der Waals surface area contributed by atoms with Crippen molar-refractivity contribution in [2.75, 3.05) is 13.2 Å². The molecular weight excluding hydrogens is 304 g/mol. The van der Waals surface area contributed by atoms with Crippen molar-refractivity contribution in [2.45, 2.75) is 40.5 Å². The van der Waals surface area contributed by atoms with Crippen molar-refractivity contribution in [1.29, 1.82) is 0 Å². The molecule has 24 heavy (non-hydrogen) atoms. The molecule has 0 spiro atoms. The van der Waals surface area contributed by atoms with Crippen LogP contribution in [-0.2, 0) is 19.1 Å². The van der Waals surface area contributed by atoms with E-state index in [2.05, 4.69) is 0 Å². The van der Waals surface area contributed by atoms with Crippen molar-refractivity contribution < 1.29 is 19.1 Å². The van der Waals surface area contributed by atoms with E-state index in [0.29, 0.717) is 13.2 Å². The maximum Gasteiger partial charge on any atom is 0.345 e. The van der Waals surface area contributed by atoms with Gasteiger partial charge in [0, 0.05) is 0 Å². The summed E-state index contributed by atoms with van der Waals surface area (Å²) in [5.74, 6) is -0.757. The van der Waals surface area contributed by atoms with Crippen molar-refractivity contribution in [3.63, 3.8) is 0 Å². The Bertz CT molecular complexity index is 520. The van der Waals surface area contributed by atoms with Gasteiger partial charge in [-0.25, -0.2) is 9.59 Å². The third-order valence-corrected chi connectivity index (χ3v) is 3.94. The summed E-state index contributed by atoms with van der Waals surface area (Å²) in [5, 5.41) is 0. The zero-order valence-electron chi connectivity index (χ0n) is 15.1. The number of hydrogen-bond donors (Lipinski definition) is 0. The predicted octanol–water partition coefficient (Wildman–Crippen LogP) is 4.25. The van der Waals surface area contributed by atoms with Gasteiger partial charge in [-0.15, -0.1) is 0 Å². The Morgan fingerprint density at radius 3 is 1.79 bits per heavy atom. The number of esters is 2. The van der Waals surface area contributed by atoms with Crippen LogP contribution in [0.4, 0.5) is 0 Å². The molecule has 0 N–H and O–H groups in total. The average molecular weight is 332 g/mol. The molecule has 2 unspecified atom stereocenters. The topological polar surface area (TPSA) is 52.6 Å². The lowest BCUT2D eigenvalue weighted by atomic mass is 10.1. The molecule has 0 fully saturated rings. The first kappa shape index (κ1) is 19.9. The van der Waals surface area contributed by atoms with Gasteiger partial charge in [-0.1, -0.05) is 70.9 Å². The van der Waals surface area contributed by atoms with E-state index in [-0.39, 0.29) is 17.4 Å². The molecule has 4 heteroatoms. The van der Waals surface area contributed by atoms with Crippen LogP contribution in [-0.4, -0.2) is 25.2 Å². The molecule has 1 rings (SSSR count). The first-order valence-electron chi connectivity index (χ1n) is 8.58. The maximum absolute atomic E-state index is 12.3. The minimum atomic E-state index is -0.631. The van der Waals surface area contributed by atoms with Crippen molar-refractivity contribution in [1.82, 2.24) is 0 Å². The van der Waals surface area contributed by atoms with Gasteiger partial charge in [-0.3, -0.25) is 0 Å². The standard InChI is InChI=1S/C20H28O4/c1-5-15(3)13-23-19(21)18(12-17-10-8-7-9-11-17)20(22)24-14-16(4)6-2/h7-12,15-16H,5-6,13-14H2,1-4H3. The van der Waals surface area contributed by atoms with Gasteiger partial charge in [-0.05, 0) is 23.5 Å². The zero-order chi connectivity index (χ0) is 17.9. The van der Waals surface area contributed by atoms with Crippen molar-refractivity contribution in [3.8, 4) is 0 Å². The fourth-order valence-corrected chi connectivity index (χ4v) is 1.74. The van der Waals surface area contributed by atoms with E-state index in [4.69, 9.17) is 9.47 Å². The van der Waals surface area contributed by atoms with Gasteiger partial charge in [0.2, 0.25) is 0 Å². The Morgan fingerprint density at radius 1 is 0.917 bits per heavy atom. The van der Waals surface area contributed by atoms with Gasteiger partial charge in [0.05, 0.1) is 13.2 Å². The summed E-state index contributed by atoms with van der Waals surface area (Å²) >= 11 is 0. The number of hydrogen-bond acceptors (Lipinski definition) is 4. The summed E-state index contributed by atoms with van der Waals surface area (Å²) in [6.07, 6.45) is 3.34. The number of carbonyl (C=O) groups is 2. The van der Waals surface area contributed by atoms with E-state index >= 15 is 0 Å². The summed E-state index contributed by atoms with van der Waals surface area (Å²) in [5.41, 5.74) is 0.696. The van der Waals surface area contributed by atoms with Crippen LogP contribution in [0.15, 0.2) is 35.9 Å². The van der Waals surface area contributed by atoms with Crippen LogP contribution >= 0.6 is 0 Å². The number of carbonyl (C=O) groups excluding carboxylic acids is 2. The van der Waals surface area contributed by atoms with Crippen LogP contribution in [0.3, 0.4) is 0 Å². The van der Waals surface area contributed by atoms with Crippen LogP contribution in [0.25, 0.3) is 6.08 Å². The molecule has 2 atom stereocenters. The number of benzene rings is 1. The Balaban J connectivity index is 2.88. The summed E-state index contributed by atoms with van der Waals surface area (Å²) in [7, 11) is 0. The molecule has 0 aromatic heterocycles. The fraction of sp³-hybridized carbons (Fsp3) is 0.500. The van der Waals surface area contributed by atoms with E-state index in [1.165, 1.54) is 6.08 Å². The van der Waals surface area contributed by atoms with Crippen molar-refractivity contribution >= 4 is 18.0 Å². The maximum atomic E-state index is 12.3. The molecule has 0 aliphatic rings. The van der Waals surface area contributed by atoms with E-state index in [1.54, 1.807) is 0 Å². The first-order valence-corrected chi connectivity index (χ1v) is 8.58. The Hall–Kier alpha value is -2.10. The van der Waals surface area contributed by atoms with Crippen LogP contribution in [0, 0.1) is 11.8 Å². The summed E-state index contributed by atoms with van der Waals surface area (Å²) in [6.45, 7) is 8.63. The number of rotatable bonds is 9. The normalized spacial score (nSPS) is 12.8. The summed E-state index contributed by atoms with van der Waals surface area (Å²) in [4.78, 5) is 24.7. The highest BCUT2D eigenvalue weighted by atomic mass is 16.6. The average Bonchev–Trinajstić information content (AvgIpc) is 2.62. The van der Waals surface area contributed by atoms with Gasteiger partial charge in [-0.2, -0.15) is 0 Å². The van der Waals surface area contributed by atoms with Crippen LogP contribution < -0.4 is 0 Å². The van der Waals surface area contributed by atoms with E-state index < -0.39 is 11.9 Å². The van der Waals surface area contributed by atoms with E-state index in [0.717, 1.165) is 18.4 Å². The Kier molecular flexibility index (Phi) is 8.84. The molecule has 0 saturated carbocycles. The lowest BCUT2D eigenvalue weighted by molar-refractivity contribution is -0.148. The third kappa shape index (κ3) is 6.99. The molecule has 4 nitrogen and oxygen atoms in total. The lowest BCUT2D eigenvalue weighted by Gasteiger charge is -2.13. The predicted molar refractivity (Wildman–Crippen MR) is 95.2 cm³/mol. The molecule has 0 aliphatic carbocycles. The summed E-state index contributed by atoms with van der Waals surface area (Å²) < 4.78 is 10.6. The van der Waals surface area contributed by atoms with Gasteiger partial charge < -0.3 is 9.47 Å². The zero-order valence-corrected chi connectivity index (χ0v) is 15.1. The van der Waals surface area contributed by atoms with Crippen molar-refractivity contribution in [3.05, 3.63) is 41.5 Å². The second-order valence-corrected chi connectivity index (χ2v) is 6.19. The Morgan fingerprint density at radius 2 is 1.38 bits per heavy atom. The van der Waals surface area contributed by atoms with E-state index in [1.807, 2.05) is 58.0 Å². The van der Waals surface area contributed by atoms with Gasteiger partial charge in [0.15, 0.2) is 0 Å². The molecule has 132 valence electrons. The quantitative estimate of drug-likeness (QED) is 0.294. The SMILES string of the molecule is CCC(C)COC(=O)C(=Cc1ccccc1)C(=O)OCC(C)CC. The second kappa shape index (κ2) is 10.6. The minimum absolute atomic E-state index is 0.0622. The lowest BCUT2D eigenvalue weighted by Crippen LogP contribution is -2.22.